The van der Waals surface area contributed by atoms with Gasteiger partial charge in [-0.1, -0.05) is 13.5 Å². The third-order valence-electron chi connectivity index (χ3n) is 2.43. The molecule has 8 heteroatoms. The second kappa shape index (κ2) is 15.9. The van der Waals surface area contributed by atoms with E-state index in [1.165, 1.54) is 28.4 Å². The highest BCUT2D eigenvalue weighted by Gasteiger charge is 2.12. The molecule has 0 aliphatic carbocycles. The molecule has 8 nitrogen and oxygen atoms in total. The Labute approximate surface area is 131 Å². The molecular weight excluding hydrogens is 296 g/mol. The van der Waals surface area contributed by atoms with Gasteiger partial charge in [-0.15, -0.1) is 0 Å². The molecule has 0 aromatic rings. The van der Waals surface area contributed by atoms with Crippen molar-refractivity contribution < 1.29 is 38.6 Å². The quantitative estimate of drug-likeness (QED) is 0.196. The fourth-order valence-electron chi connectivity index (χ4n) is 1.12. The van der Waals surface area contributed by atoms with Crippen molar-refractivity contribution in [2.45, 2.75) is 19.8 Å². The number of ether oxygens (including phenoxy) is 2. The average molecular weight is 322 g/mol. The maximum atomic E-state index is 10.8. The van der Waals surface area contributed by atoms with Gasteiger partial charge in [0.2, 0.25) is 0 Å². The molecule has 0 saturated carbocycles. The van der Waals surface area contributed by atoms with Crippen LogP contribution in [0.3, 0.4) is 0 Å². The van der Waals surface area contributed by atoms with Crippen molar-refractivity contribution in [1.29, 1.82) is 0 Å². The smallest absolute Gasteiger partial charge is 0.333 e. The van der Waals surface area contributed by atoms with Crippen molar-refractivity contribution in [2.75, 3.05) is 41.7 Å². The van der Waals surface area contributed by atoms with E-state index in [1.807, 2.05) is 0 Å². The lowest BCUT2D eigenvalue weighted by atomic mass is 10.1. The number of esters is 2. The highest BCUT2D eigenvalue weighted by molar-refractivity contribution is 5.87. The number of carbonyl (C=O) groups excluding carboxylic acids is 2. The number of hydrogen-bond acceptors (Lipinski definition) is 8. The Hall–Kier alpha value is -1.48. The molecule has 1 atom stereocenters. The highest BCUT2D eigenvalue weighted by atomic mass is 17.2. The summed E-state index contributed by atoms with van der Waals surface area (Å²) < 4.78 is 8.92. The second-order valence-electron chi connectivity index (χ2n) is 4.04. The fourth-order valence-corrected chi connectivity index (χ4v) is 1.12. The maximum absolute atomic E-state index is 10.8. The first-order valence-electron chi connectivity index (χ1n) is 6.59. The maximum Gasteiger partial charge on any atom is 0.333 e. The predicted octanol–water partition coefficient (Wildman–Crippen LogP) is 1.45. The van der Waals surface area contributed by atoms with Crippen LogP contribution in [-0.4, -0.2) is 53.6 Å². The molecule has 1 unspecified atom stereocenters. The monoisotopic (exact) mass is 322 g/mol. The molecular formula is C14H26O8. The van der Waals surface area contributed by atoms with Gasteiger partial charge < -0.3 is 9.47 Å². The van der Waals surface area contributed by atoms with E-state index in [-0.39, 0.29) is 11.9 Å². The van der Waals surface area contributed by atoms with Gasteiger partial charge in [0.1, 0.15) is 0 Å². The Morgan fingerprint density at radius 2 is 1.50 bits per heavy atom. The molecule has 0 spiro atoms. The molecule has 0 fully saturated rings. The number of carbonyl (C=O) groups is 2. The van der Waals surface area contributed by atoms with Crippen molar-refractivity contribution in [3.8, 4) is 0 Å². The Kier molecular flexibility index (Phi) is 16.5. The minimum atomic E-state index is -0.412. The number of hydrogen-bond donors (Lipinski definition) is 0. The van der Waals surface area contributed by atoms with Crippen LogP contribution in [0.25, 0.3) is 0 Å². The highest BCUT2D eigenvalue weighted by Crippen LogP contribution is 2.03. The van der Waals surface area contributed by atoms with Crippen molar-refractivity contribution in [1.82, 2.24) is 0 Å². The van der Waals surface area contributed by atoms with E-state index < -0.39 is 5.97 Å². The normalized spacial score (nSPS) is 11.0. The Bertz CT molecular complexity index is 316. The van der Waals surface area contributed by atoms with Crippen LogP contribution in [0.15, 0.2) is 12.2 Å². The summed E-state index contributed by atoms with van der Waals surface area (Å²) in [4.78, 5) is 39.3. The third-order valence-corrected chi connectivity index (χ3v) is 2.43. The molecule has 0 aromatic carbocycles. The topological polar surface area (TPSA) is 89.5 Å². The van der Waals surface area contributed by atoms with Gasteiger partial charge in [0.05, 0.1) is 47.6 Å². The van der Waals surface area contributed by atoms with E-state index in [9.17, 15) is 9.59 Å². The lowest BCUT2D eigenvalue weighted by Gasteiger charge is -2.07. The molecule has 0 bridgehead atoms. The lowest BCUT2D eigenvalue weighted by Crippen LogP contribution is -2.14. The molecule has 22 heavy (non-hydrogen) atoms. The van der Waals surface area contributed by atoms with Gasteiger partial charge >= 0.3 is 11.9 Å². The van der Waals surface area contributed by atoms with Gasteiger partial charge in [-0.25, -0.2) is 24.3 Å². The summed E-state index contributed by atoms with van der Waals surface area (Å²) in [5, 5.41) is 0. The van der Waals surface area contributed by atoms with Crippen molar-refractivity contribution in [3.05, 3.63) is 12.2 Å². The second-order valence-corrected chi connectivity index (χ2v) is 4.04. The molecule has 0 saturated heterocycles. The lowest BCUT2D eigenvalue weighted by molar-refractivity contribution is -0.273. The first kappa shape index (κ1) is 22.8. The van der Waals surface area contributed by atoms with Gasteiger partial charge in [0, 0.05) is 12.0 Å². The molecule has 0 rings (SSSR count). The van der Waals surface area contributed by atoms with Gasteiger partial charge in [-0.2, -0.15) is 0 Å². The Morgan fingerprint density at radius 3 is 1.95 bits per heavy atom. The summed E-state index contributed by atoms with van der Waals surface area (Å²) in [6, 6.07) is 0. The van der Waals surface area contributed by atoms with Crippen LogP contribution in [0.2, 0.25) is 0 Å². The van der Waals surface area contributed by atoms with E-state index in [0.29, 0.717) is 31.6 Å². The number of rotatable bonds is 10. The Balaban J connectivity index is 0. The molecule has 0 N–H and O–H groups in total. The van der Waals surface area contributed by atoms with Crippen molar-refractivity contribution >= 4 is 11.9 Å². The first-order chi connectivity index (χ1) is 10.4. The zero-order valence-electron chi connectivity index (χ0n) is 13.9. The van der Waals surface area contributed by atoms with E-state index in [2.05, 4.69) is 35.6 Å². The van der Waals surface area contributed by atoms with Gasteiger partial charge in [-0.3, -0.25) is 4.79 Å². The van der Waals surface area contributed by atoms with Crippen LogP contribution in [0.1, 0.15) is 19.8 Å². The molecule has 130 valence electrons. The zero-order chi connectivity index (χ0) is 17.4. The SMILES string of the molecule is C=C(CCOOC)C(=O)OC.COOCCC(C)C(=O)OC. The van der Waals surface area contributed by atoms with Crippen LogP contribution in [-0.2, 0) is 38.6 Å². The summed E-state index contributed by atoms with van der Waals surface area (Å²) in [5.41, 5.74) is 0.379. The van der Waals surface area contributed by atoms with Crippen molar-refractivity contribution in [2.24, 2.45) is 5.92 Å². The van der Waals surface area contributed by atoms with Gasteiger partial charge in [0.15, 0.2) is 0 Å². The summed E-state index contributed by atoms with van der Waals surface area (Å²) in [7, 11) is 5.52. The average Bonchev–Trinajstić information content (AvgIpc) is 2.54. The molecule has 0 amide bonds. The molecule has 0 aromatic heterocycles. The van der Waals surface area contributed by atoms with E-state index in [0.717, 1.165) is 0 Å². The summed E-state index contributed by atoms with van der Waals surface area (Å²) >= 11 is 0. The summed E-state index contributed by atoms with van der Waals surface area (Å²) in [5.74, 6) is -0.760. The predicted molar refractivity (Wildman–Crippen MR) is 77.5 cm³/mol. The Morgan fingerprint density at radius 1 is 0.955 bits per heavy atom. The van der Waals surface area contributed by atoms with Crippen molar-refractivity contribution in [3.63, 3.8) is 0 Å². The summed E-state index contributed by atoms with van der Waals surface area (Å²) in [6.45, 7) is 5.99. The standard InChI is InChI=1S/C7H14O4.C7H12O4/c2*1-6(7(8)9-2)4-5-11-10-3/h6H,4-5H2,1-3H3;1,4-5H2,2-3H3. The van der Waals surface area contributed by atoms with Crippen LogP contribution in [0.5, 0.6) is 0 Å². The van der Waals surface area contributed by atoms with Gasteiger partial charge in [0.25, 0.3) is 0 Å². The minimum absolute atomic E-state index is 0.129. The van der Waals surface area contributed by atoms with Crippen LogP contribution >= 0.6 is 0 Å². The minimum Gasteiger partial charge on any atom is -0.469 e. The molecule has 0 aliphatic rings. The first-order valence-corrected chi connectivity index (χ1v) is 6.59. The van der Waals surface area contributed by atoms with Crippen LogP contribution < -0.4 is 0 Å². The fraction of sp³-hybridized carbons (Fsp3) is 0.714. The van der Waals surface area contributed by atoms with E-state index >= 15 is 0 Å². The molecule has 0 heterocycles. The van der Waals surface area contributed by atoms with E-state index in [4.69, 9.17) is 0 Å². The third kappa shape index (κ3) is 13.5. The molecule has 0 radical (unpaired) electrons. The summed E-state index contributed by atoms with van der Waals surface area (Å²) in [6.07, 6.45) is 1.03. The largest absolute Gasteiger partial charge is 0.469 e. The van der Waals surface area contributed by atoms with Gasteiger partial charge in [-0.05, 0) is 6.42 Å². The number of methoxy groups -OCH3 is 2. The molecule has 0 aliphatic heterocycles. The zero-order valence-corrected chi connectivity index (χ0v) is 13.9. The van der Waals surface area contributed by atoms with Crippen LogP contribution in [0, 0.1) is 5.92 Å². The van der Waals surface area contributed by atoms with E-state index in [1.54, 1.807) is 6.92 Å². The van der Waals surface area contributed by atoms with Crippen LogP contribution in [0.4, 0.5) is 0 Å².